The Kier molecular flexibility index (Phi) is 3.53. The minimum Gasteiger partial charge on any atom is -0.345 e. The monoisotopic (exact) mass is 221 g/mol. The van der Waals surface area contributed by atoms with Gasteiger partial charge in [-0.25, -0.2) is 0 Å². The van der Waals surface area contributed by atoms with Gasteiger partial charge in [0.1, 0.15) is 7.85 Å². The van der Waals surface area contributed by atoms with Crippen LogP contribution in [0.15, 0.2) is 48.5 Å². The molecule has 0 atom stereocenters. The van der Waals surface area contributed by atoms with E-state index in [-0.39, 0.29) is 0 Å². The van der Waals surface area contributed by atoms with Gasteiger partial charge < -0.3 is 4.90 Å². The Bertz CT molecular complexity index is 473. The van der Waals surface area contributed by atoms with E-state index in [1.54, 1.807) is 0 Å². The van der Waals surface area contributed by atoms with Crippen LogP contribution in [0.5, 0.6) is 0 Å². The van der Waals surface area contributed by atoms with Crippen LogP contribution in [0.25, 0.3) is 0 Å². The van der Waals surface area contributed by atoms with Crippen LogP contribution in [-0.2, 0) is 6.42 Å². The number of anilines is 2. The summed E-state index contributed by atoms with van der Waals surface area (Å²) >= 11 is 0. The van der Waals surface area contributed by atoms with Crippen molar-refractivity contribution in [3.63, 3.8) is 0 Å². The van der Waals surface area contributed by atoms with E-state index in [0.717, 1.165) is 17.6 Å². The summed E-state index contributed by atoms with van der Waals surface area (Å²) in [6, 6.07) is 16.5. The molecule has 0 unspecified atom stereocenters. The molecule has 0 N–H and O–H groups in total. The molecule has 0 saturated carbocycles. The zero-order valence-corrected chi connectivity index (χ0v) is 10.4. The first-order valence-corrected chi connectivity index (χ1v) is 5.89. The Morgan fingerprint density at radius 3 is 1.82 bits per heavy atom. The fraction of sp³-hybridized carbons (Fsp3) is 0.200. The summed E-state index contributed by atoms with van der Waals surface area (Å²) in [5.74, 6) is 0. The standard InChI is InChI=1S/C15H16BN/c1-3-12-4-8-14(9-5-12)17(2)15-10-6-13(16)7-11-15/h4-11H,3H2,1-2H3. The number of rotatable bonds is 3. The Hall–Kier alpha value is -1.70. The second-order valence-corrected chi connectivity index (χ2v) is 4.17. The van der Waals surface area contributed by atoms with Crippen molar-refractivity contribution in [1.82, 2.24) is 0 Å². The molecule has 0 amide bonds. The maximum Gasteiger partial charge on any atom is 0.113 e. The molecule has 2 heteroatoms. The topological polar surface area (TPSA) is 3.24 Å². The molecule has 1 nitrogen and oxygen atoms in total. The van der Waals surface area contributed by atoms with Gasteiger partial charge in [0.05, 0.1) is 0 Å². The predicted octanol–water partition coefficient (Wildman–Crippen LogP) is 2.81. The molecular weight excluding hydrogens is 205 g/mol. The quantitative estimate of drug-likeness (QED) is 0.720. The molecule has 0 bridgehead atoms. The zero-order valence-electron chi connectivity index (χ0n) is 10.4. The molecule has 0 spiro atoms. The second-order valence-electron chi connectivity index (χ2n) is 4.17. The highest BCUT2D eigenvalue weighted by molar-refractivity contribution is 6.32. The van der Waals surface area contributed by atoms with Gasteiger partial charge in [0.25, 0.3) is 0 Å². The summed E-state index contributed by atoms with van der Waals surface area (Å²) in [4.78, 5) is 2.15. The number of aryl methyl sites for hydroxylation is 1. The van der Waals surface area contributed by atoms with Gasteiger partial charge in [-0.05, 0) is 36.2 Å². The summed E-state index contributed by atoms with van der Waals surface area (Å²) < 4.78 is 0. The Labute approximate surface area is 104 Å². The van der Waals surface area contributed by atoms with E-state index in [0.29, 0.717) is 0 Å². The van der Waals surface area contributed by atoms with E-state index in [1.165, 1.54) is 11.3 Å². The number of benzene rings is 2. The van der Waals surface area contributed by atoms with Crippen molar-refractivity contribution in [2.24, 2.45) is 0 Å². The lowest BCUT2D eigenvalue weighted by molar-refractivity contribution is 1.13. The highest BCUT2D eigenvalue weighted by Crippen LogP contribution is 2.22. The molecule has 0 fully saturated rings. The van der Waals surface area contributed by atoms with Gasteiger partial charge in [0.2, 0.25) is 0 Å². The largest absolute Gasteiger partial charge is 0.345 e. The number of hydrogen-bond acceptors (Lipinski definition) is 1. The highest BCUT2D eigenvalue weighted by atomic mass is 15.1. The van der Waals surface area contributed by atoms with Crippen molar-refractivity contribution < 1.29 is 0 Å². The molecule has 2 aromatic rings. The fourth-order valence-corrected chi connectivity index (χ4v) is 1.80. The molecule has 2 radical (unpaired) electrons. The predicted molar refractivity (Wildman–Crippen MR) is 75.7 cm³/mol. The average molecular weight is 221 g/mol. The van der Waals surface area contributed by atoms with Crippen LogP contribution in [0.1, 0.15) is 12.5 Å². The summed E-state index contributed by atoms with van der Waals surface area (Å²) in [6.45, 7) is 2.17. The maximum atomic E-state index is 5.68. The van der Waals surface area contributed by atoms with Crippen LogP contribution >= 0.6 is 0 Å². The lowest BCUT2D eigenvalue weighted by Gasteiger charge is -2.20. The van der Waals surface area contributed by atoms with E-state index in [9.17, 15) is 0 Å². The second kappa shape index (κ2) is 5.09. The Balaban J connectivity index is 2.23. The lowest BCUT2D eigenvalue weighted by Crippen LogP contribution is -2.11. The van der Waals surface area contributed by atoms with E-state index in [4.69, 9.17) is 7.85 Å². The summed E-state index contributed by atoms with van der Waals surface area (Å²) in [6.07, 6.45) is 1.08. The lowest BCUT2D eigenvalue weighted by atomic mass is 9.96. The van der Waals surface area contributed by atoms with Crippen LogP contribution in [0.4, 0.5) is 11.4 Å². The van der Waals surface area contributed by atoms with Crippen molar-refractivity contribution in [1.29, 1.82) is 0 Å². The van der Waals surface area contributed by atoms with E-state index in [2.05, 4.69) is 43.1 Å². The third-order valence-electron chi connectivity index (χ3n) is 3.01. The van der Waals surface area contributed by atoms with Crippen LogP contribution in [0, 0.1) is 0 Å². The van der Waals surface area contributed by atoms with Crippen molar-refractivity contribution >= 4 is 24.7 Å². The zero-order chi connectivity index (χ0) is 12.3. The number of hydrogen-bond donors (Lipinski definition) is 0. The number of nitrogens with zero attached hydrogens (tertiary/aromatic N) is 1. The minimum absolute atomic E-state index is 0.795. The molecule has 2 aromatic carbocycles. The highest BCUT2D eigenvalue weighted by Gasteiger charge is 2.02. The average Bonchev–Trinajstić information content (AvgIpc) is 2.39. The van der Waals surface area contributed by atoms with Gasteiger partial charge in [-0.3, -0.25) is 0 Å². The van der Waals surface area contributed by atoms with Crippen LogP contribution < -0.4 is 10.4 Å². The van der Waals surface area contributed by atoms with Crippen molar-refractivity contribution in [3.05, 3.63) is 54.1 Å². The maximum absolute atomic E-state index is 5.68. The molecular formula is C15H16BN. The van der Waals surface area contributed by atoms with Crippen molar-refractivity contribution in [3.8, 4) is 0 Å². The first-order valence-electron chi connectivity index (χ1n) is 5.89. The van der Waals surface area contributed by atoms with Crippen LogP contribution in [-0.4, -0.2) is 14.9 Å². The summed E-state index contributed by atoms with van der Waals surface area (Å²) in [5, 5.41) is 0. The molecule has 0 aliphatic carbocycles. The third-order valence-corrected chi connectivity index (χ3v) is 3.01. The molecule has 84 valence electrons. The molecule has 0 aliphatic heterocycles. The van der Waals surface area contributed by atoms with Gasteiger partial charge in [0, 0.05) is 18.4 Å². The van der Waals surface area contributed by atoms with Gasteiger partial charge >= 0.3 is 0 Å². The normalized spacial score (nSPS) is 10.2. The summed E-state index contributed by atoms with van der Waals surface area (Å²) in [7, 11) is 7.75. The SMILES string of the molecule is [B]c1ccc(N(C)c2ccc(CC)cc2)cc1. The van der Waals surface area contributed by atoms with E-state index >= 15 is 0 Å². The summed E-state index contributed by atoms with van der Waals surface area (Å²) in [5.41, 5.74) is 4.48. The van der Waals surface area contributed by atoms with Gasteiger partial charge in [-0.1, -0.05) is 36.7 Å². The first kappa shape index (κ1) is 11.8. The van der Waals surface area contributed by atoms with Gasteiger partial charge in [0.15, 0.2) is 0 Å². The molecule has 0 heterocycles. The Morgan fingerprint density at radius 1 is 0.882 bits per heavy atom. The minimum atomic E-state index is 0.795. The molecule has 0 aliphatic rings. The van der Waals surface area contributed by atoms with Crippen LogP contribution in [0.2, 0.25) is 0 Å². The third kappa shape index (κ3) is 2.70. The van der Waals surface area contributed by atoms with Gasteiger partial charge in [-0.2, -0.15) is 0 Å². The Morgan fingerprint density at radius 2 is 1.35 bits per heavy atom. The van der Waals surface area contributed by atoms with Crippen molar-refractivity contribution in [2.45, 2.75) is 13.3 Å². The van der Waals surface area contributed by atoms with Crippen LogP contribution in [0.3, 0.4) is 0 Å². The molecule has 0 aromatic heterocycles. The fourth-order valence-electron chi connectivity index (χ4n) is 1.80. The first-order chi connectivity index (χ1) is 8.20. The smallest absolute Gasteiger partial charge is 0.113 e. The van der Waals surface area contributed by atoms with Gasteiger partial charge in [-0.15, -0.1) is 0 Å². The van der Waals surface area contributed by atoms with E-state index < -0.39 is 0 Å². The van der Waals surface area contributed by atoms with Crippen molar-refractivity contribution in [2.75, 3.05) is 11.9 Å². The molecule has 17 heavy (non-hydrogen) atoms. The molecule has 0 saturated heterocycles. The molecule has 2 rings (SSSR count). The van der Waals surface area contributed by atoms with E-state index in [1.807, 2.05) is 24.3 Å².